The van der Waals surface area contributed by atoms with Gasteiger partial charge in [0.15, 0.2) is 5.69 Å². The Morgan fingerprint density at radius 2 is 1.94 bits per heavy atom. The van der Waals surface area contributed by atoms with Crippen molar-refractivity contribution >= 4 is 21.8 Å². The van der Waals surface area contributed by atoms with Crippen molar-refractivity contribution in [1.82, 2.24) is 19.6 Å². The van der Waals surface area contributed by atoms with Gasteiger partial charge in [-0.2, -0.15) is 5.10 Å². The van der Waals surface area contributed by atoms with Crippen LogP contribution in [0.3, 0.4) is 0 Å². The topological polar surface area (TPSA) is 41.4 Å². The van der Waals surface area contributed by atoms with Gasteiger partial charge in [-0.1, -0.05) is 0 Å². The zero-order valence-electron chi connectivity index (χ0n) is 9.48. The number of rotatable bonds is 1. The lowest BCUT2D eigenvalue weighted by Gasteiger charge is -2.31. The Kier molecular flexibility index (Phi) is 3.30. The van der Waals surface area contributed by atoms with Gasteiger partial charge in [-0.3, -0.25) is 9.48 Å². The highest BCUT2D eigenvalue weighted by Crippen LogP contribution is 2.17. The number of piperazine rings is 1. The van der Waals surface area contributed by atoms with Crippen LogP contribution in [-0.2, 0) is 7.05 Å². The summed E-state index contributed by atoms with van der Waals surface area (Å²) in [6.45, 7) is 3.41. The van der Waals surface area contributed by atoms with E-state index in [1.807, 2.05) is 11.9 Å². The maximum atomic E-state index is 12.1. The summed E-state index contributed by atoms with van der Waals surface area (Å²) in [7, 11) is 3.88. The average molecular weight is 287 g/mol. The number of nitrogens with zero attached hydrogens (tertiary/aromatic N) is 4. The number of likely N-dealkylation sites (N-methyl/N-ethyl adjacent to an activating group) is 1. The third kappa shape index (κ3) is 2.27. The zero-order chi connectivity index (χ0) is 11.7. The SMILES string of the molecule is CN1CCN(C(=O)c2nn(C)cc2Br)CC1. The van der Waals surface area contributed by atoms with Gasteiger partial charge in [-0.05, 0) is 23.0 Å². The van der Waals surface area contributed by atoms with Crippen LogP contribution in [0.15, 0.2) is 10.7 Å². The molecule has 0 unspecified atom stereocenters. The molecule has 1 aliphatic rings. The van der Waals surface area contributed by atoms with Gasteiger partial charge in [-0.25, -0.2) is 0 Å². The fourth-order valence-corrected chi connectivity index (χ4v) is 2.31. The zero-order valence-corrected chi connectivity index (χ0v) is 11.1. The fraction of sp³-hybridized carbons (Fsp3) is 0.600. The van der Waals surface area contributed by atoms with E-state index in [0.29, 0.717) is 5.69 Å². The first kappa shape index (κ1) is 11.6. The summed E-state index contributed by atoms with van der Waals surface area (Å²) >= 11 is 3.35. The average Bonchev–Trinajstić information content (AvgIpc) is 2.58. The highest BCUT2D eigenvalue weighted by molar-refractivity contribution is 9.10. The predicted molar refractivity (Wildman–Crippen MR) is 64.3 cm³/mol. The van der Waals surface area contributed by atoms with Crippen molar-refractivity contribution in [2.24, 2.45) is 7.05 Å². The molecule has 1 aromatic rings. The van der Waals surface area contributed by atoms with Gasteiger partial charge in [0.2, 0.25) is 0 Å². The second kappa shape index (κ2) is 4.55. The molecular formula is C10H15BrN4O. The number of carbonyl (C=O) groups excluding carboxylic acids is 1. The first-order valence-corrected chi connectivity index (χ1v) is 6.04. The molecule has 0 saturated carbocycles. The molecule has 1 amide bonds. The van der Waals surface area contributed by atoms with Crippen LogP contribution >= 0.6 is 15.9 Å². The van der Waals surface area contributed by atoms with Gasteiger partial charge >= 0.3 is 0 Å². The van der Waals surface area contributed by atoms with Crippen molar-refractivity contribution in [2.45, 2.75) is 0 Å². The van der Waals surface area contributed by atoms with Crippen LogP contribution in [0.2, 0.25) is 0 Å². The van der Waals surface area contributed by atoms with Crippen molar-refractivity contribution in [3.63, 3.8) is 0 Å². The van der Waals surface area contributed by atoms with Crippen LogP contribution in [0.4, 0.5) is 0 Å². The maximum absolute atomic E-state index is 12.1. The molecule has 0 aliphatic carbocycles. The van der Waals surface area contributed by atoms with Crippen LogP contribution in [0.1, 0.15) is 10.5 Å². The van der Waals surface area contributed by atoms with E-state index in [9.17, 15) is 4.79 Å². The quantitative estimate of drug-likeness (QED) is 0.758. The number of hydrogen-bond donors (Lipinski definition) is 0. The van der Waals surface area contributed by atoms with Gasteiger partial charge in [0.1, 0.15) is 0 Å². The van der Waals surface area contributed by atoms with E-state index in [-0.39, 0.29) is 5.91 Å². The number of amides is 1. The molecule has 1 aliphatic heterocycles. The lowest BCUT2D eigenvalue weighted by atomic mass is 10.3. The number of aryl methyl sites for hydroxylation is 1. The smallest absolute Gasteiger partial charge is 0.275 e. The van der Waals surface area contributed by atoms with Gasteiger partial charge < -0.3 is 9.80 Å². The van der Waals surface area contributed by atoms with Crippen molar-refractivity contribution in [3.8, 4) is 0 Å². The van der Waals surface area contributed by atoms with E-state index in [0.717, 1.165) is 30.7 Å². The van der Waals surface area contributed by atoms with E-state index < -0.39 is 0 Å². The van der Waals surface area contributed by atoms with E-state index in [4.69, 9.17) is 0 Å². The molecule has 1 aromatic heterocycles. The second-order valence-corrected chi connectivity index (χ2v) is 4.95. The predicted octanol–water partition coefficient (Wildman–Crippen LogP) is 0.570. The number of hydrogen-bond acceptors (Lipinski definition) is 3. The molecule has 2 heterocycles. The number of halogens is 1. The highest BCUT2D eigenvalue weighted by atomic mass is 79.9. The normalized spacial score (nSPS) is 17.8. The largest absolute Gasteiger partial charge is 0.335 e. The third-order valence-electron chi connectivity index (χ3n) is 2.78. The molecule has 0 bridgehead atoms. The van der Waals surface area contributed by atoms with Gasteiger partial charge in [0.25, 0.3) is 5.91 Å². The number of aromatic nitrogens is 2. The van der Waals surface area contributed by atoms with E-state index in [1.165, 1.54) is 0 Å². The van der Waals surface area contributed by atoms with Crippen LogP contribution in [0.5, 0.6) is 0 Å². The monoisotopic (exact) mass is 286 g/mol. The lowest BCUT2D eigenvalue weighted by Crippen LogP contribution is -2.47. The molecule has 2 rings (SSSR count). The Balaban J connectivity index is 2.10. The molecular weight excluding hydrogens is 272 g/mol. The molecule has 0 N–H and O–H groups in total. The summed E-state index contributed by atoms with van der Waals surface area (Å²) in [5.41, 5.74) is 0.507. The van der Waals surface area contributed by atoms with Crippen molar-refractivity contribution in [3.05, 3.63) is 16.4 Å². The summed E-state index contributed by atoms with van der Waals surface area (Å²) in [4.78, 5) is 16.2. The molecule has 5 nitrogen and oxygen atoms in total. The molecule has 16 heavy (non-hydrogen) atoms. The molecule has 1 fully saturated rings. The highest BCUT2D eigenvalue weighted by Gasteiger charge is 2.24. The Labute approximate surface area is 103 Å². The minimum absolute atomic E-state index is 0.0144. The van der Waals surface area contributed by atoms with Crippen molar-refractivity contribution in [2.75, 3.05) is 33.2 Å². The molecule has 0 aromatic carbocycles. The molecule has 1 saturated heterocycles. The summed E-state index contributed by atoms with van der Waals surface area (Å²) in [6, 6.07) is 0. The van der Waals surface area contributed by atoms with Crippen LogP contribution < -0.4 is 0 Å². The Morgan fingerprint density at radius 1 is 1.31 bits per heavy atom. The molecule has 6 heteroatoms. The van der Waals surface area contributed by atoms with Crippen molar-refractivity contribution in [1.29, 1.82) is 0 Å². The first-order valence-electron chi connectivity index (χ1n) is 5.25. The fourth-order valence-electron chi connectivity index (χ4n) is 1.76. The summed E-state index contributed by atoms with van der Waals surface area (Å²) in [5.74, 6) is 0.0144. The molecule has 0 radical (unpaired) electrons. The minimum Gasteiger partial charge on any atom is -0.335 e. The van der Waals surface area contributed by atoms with Crippen LogP contribution in [-0.4, -0.2) is 58.7 Å². The number of carbonyl (C=O) groups is 1. The summed E-state index contributed by atoms with van der Waals surface area (Å²) in [6.07, 6.45) is 1.79. The van der Waals surface area contributed by atoms with Gasteiger partial charge in [0.05, 0.1) is 4.47 Å². The van der Waals surface area contributed by atoms with Gasteiger partial charge in [0, 0.05) is 39.4 Å². The van der Waals surface area contributed by atoms with E-state index in [1.54, 1.807) is 10.9 Å². The van der Waals surface area contributed by atoms with Crippen molar-refractivity contribution < 1.29 is 4.79 Å². The Bertz CT molecular complexity index is 396. The molecule has 0 atom stereocenters. The second-order valence-electron chi connectivity index (χ2n) is 4.09. The van der Waals surface area contributed by atoms with Crippen LogP contribution in [0, 0.1) is 0 Å². The Morgan fingerprint density at radius 3 is 2.44 bits per heavy atom. The maximum Gasteiger partial charge on any atom is 0.275 e. The molecule has 0 spiro atoms. The third-order valence-corrected chi connectivity index (χ3v) is 3.36. The lowest BCUT2D eigenvalue weighted by molar-refractivity contribution is 0.0656. The van der Waals surface area contributed by atoms with E-state index >= 15 is 0 Å². The Hall–Kier alpha value is -0.880. The summed E-state index contributed by atoms with van der Waals surface area (Å²) < 4.78 is 2.41. The van der Waals surface area contributed by atoms with Crippen LogP contribution in [0.25, 0.3) is 0 Å². The standard InChI is InChI=1S/C10H15BrN4O/c1-13-3-5-15(6-4-13)10(16)9-8(11)7-14(2)12-9/h7H,3-6H2,1-2H3. The minimum atomic E-state index is 0.0144. The molecule has 88 valence electrons. The van der Waals surface area contributed by atoms with Gasteiger partial charge in [-0.15, -0.1) is 0 Å². The first-order chi connectivity index (χ1) is 7.58. The summed E-state index contributed by atoms with van der Waals surface area (Å²) in [5, 5.41) is 4.17. The van der Waals surface area contributed by atoms with E-state index in [2.05, 4.69) is 33.0 Å².